The van der Waals surface area contributed by atoms with E-state index in [4.69, 9.17) is 0 Å². The van der Waals surface area contributed by atoms with Gasteiger partial charge in [0.2, 0.25) is 5.95 Å². The molecule has 2 N–H and O–H groups in total. The summed E-state index contributed by atoms with van der Waals surface area (Å²) in [7, 11) is 0. The average Bonchev–Trinajstić information content (AvgIpc) is 3.26. The van der Waals surface area contributed by atoms with Gasteiger partial charge in [0, 0.05) is 49.5 Å². The fourth-order valence-corrected chi connectivity index (χ4v) is 4.81. The van der Waals surface area contributed by atoms with Gasteiger partial charge in [0.1, 0.15) is 17.3 Å². The third kappa shape index (κ3) is 5.05. The summed E-state index contributed by atoms with van der Waals surface area (Å²) in [5.41, 5.74) is 2.00. The van der Waals surface area contributed by atoms with E-state index in [9.17, 15) is 8.78 Å². The number of pyridine rings is 1. The second kappa shape index (κ2) is 9.87. The molecule has 0 saturated carbocycles. The Morgan fingerprint density at radius 2 is 1.81 bits per heavy atom. The van der Waals surface area contributed by atoms with E-state index in [-0.39, 0.29) is 17.7 Å². The summed E-state index contributed by atoms with van der Waals surface area (Å²) in [5.74, 6) is -0.405. The third-order valence-electron chi connectivity index (χ3n) is 6.28. The van der Waals surface area contributed by atoms with Crippen LogP contribution in [0.2, 0.25) is 0 Å². The highest BCUT2D eigenvalue weighted by molar-refractivity contribution is 5.84. The first-order chi connectivity index (χ1) is 17.3. The molecule has 0 aliphatic carbocycles. The normalized spacial score (nSPS) is 18.8. The average molecular weight is 493 g/mol. The first-order valence-corrected chi connectivity index (χ1v) is 12.2. The lowest BCUT2D eigenvalue weighted by atomic mass is 10.1. The summed E-state index contributed by atoms with van der Waals surface area (Å²) in [6, 6.07) is 7.76. The van der Waals surface area contributed by atoms with Gasteiger partial charge in [0.25, 0.3) is 0 Å². The second-order valence-electron chi connectivity index (χ2n) is 9.80. The fourth-order valence-electron chi connectivity index (χ4n) is 4.81. The number of piperazine rings is 1. The Hall–Kier alpha value is -3.50. The number of nitrogens with one attached hydrogen (secondary N) is 2. The van der Waals surface area contributed by atoms with E-state index < -0.39 is 11.6 Å². The predicted octanol–water partition coefficient (Wildman–Crippen LogP) is 4.67. The highest BCUT2D eigenvalue weighted by Gasteiger charge is 2.21. The molecule has 3 aromatic heterocycles. The SMILES string of the molecule is CC1CN(Cc2ccc(Nc3ncc(F)c(-c4cc(F)c5cnn(C(C)C)c5c4)n3)nc2)CC(C)N1. The van der Waals surface area contributed by atoms with E-state index in [2.05, 4.69) is 49.4 Å². The van der Waals surface area contributed by atoms with Crippen LogP contribution < -0.4 is 10.6 Å². The van der Waals surface area contributed by atoms with Crippen molar-refractivity contribution in [1.82, 2.24) is 34.9 Å². The van der Waals surface area contributed by atoms with Crippen LogP contribution in [0.25, 0.3) is 22.2 Å². The predicted molar refractivity (Wildman–Crippen MR) is 136 cm³/mol. The van der Waals surface area contributed by atoms with E-state index in [1.807, 2.05) is 32.2 Å². The molecule has 0 amide bonds. The molecule has 10 heteroatoms. The van der Waals surface area contributed by atoms with Gasteiger partial charge in [-0.3, -0.25) is 9.58 Å². The molecule has 1 aliphatic rings. The van der Waals surface area contributed by atoms with Gasteiger partial charge < -0.3 is 10.6 Å². The van der Waals surface area contributed by atoms with Crippen LogP contribution >= 0.6 is 0 Å². The molecule has 0 bridgehead atoms. The Morgan fingerprint density at radius 1 is 1.03 bits per heavy atom. The van der Waals surface area contributed by atoms with Crippen molar-refractivity contribution < 1.29 is 8.78 Å². The van der Waals surface area contributed by atoms with Crippen LogP contribution in [-0.2, 0) is 6.54 Å². The lowest BCUT2D eigenvalue weighted by molar-refractivity contribution is 0.166. The van der Waals surface area contributed by atoms with Gasteiger partial charge in [0.15, 0.2) is 5.82 Å². The van der Waals surface area contributed by atoms with Gasteiger partial charge in [-0.25, -0.2) is 23.7 Å². The molecule has 5 rings (SSSR count). The van der Waals surface area contributed by atoms with Crippen molar-refractivity contribution in [3.8, 4) is 11.3 Å². The molecular weight excluding hydrogens is 462 g/mol. The van der Waals surface area contributed by atoms with Gasteiger partial charge in [0.05, 0.1) is 23.3 Å². The molecule has 188 valence electrons. The van der Waals surface area contributed by atoms with Crippen LogP contribution in [0.15, 0.2) is 42.9 Å². The van der Waals surface area contributed by atoms with Crippen molar-refractivity contribution in [3.63, 3.8) is 0 Å². The van der Waals surface area contributed by atoms with Crippen LogP contribution in [0.4, 0.5) is 20.5 Å². The largest absolute Gasteiger partial charge is 0.309 e. The van der Waals surface area contributed by atoms with Crippen molar-refractivity contribution in [1.29, 1.82) is 0 Å². The molecule has 1 aliphatic heterocycles. The van der Waals surface area contributed by atoms with E-state index in [1.165, 1.54) is 12.3 Å². The molecule has 2 atom stereocenters. The maximum atomic E-state index is 14.8. The summed E-state index contributed by atoms with van der Waals surface area (Å²) >= 11 is 0. The Kier molecular flexibility index (Phi) is 6.63. The molecule has 36 heavy (non-hydrogen) atoms. The van der Waals surface area contributed by atoms with E-state index >= 15 is 0 Å². The van der Waals surface area contributed by atoms with Gasteiger partial charge in [-0.05, 0) is 51.5 Å². The molecule has 0 spiro atoms. The van der Waals surface area contributed by atoms with Crippen molar-refractivity contribution in [3.05, 3.63) is 60.1 Å². The first-order valence-electron chi connectivity index (χ1n) is 12.2. The monoisotopic (exact) mass is 492 g/mol. The van der Waals surface area contributed by atoms with Gasteiger partial charge in [-0.1, -0.05) is 6.07 Å². The molecule has 1 aromatic carbocycles. The van der Waals surface area contributed by atoms with Crippen LogP contribution in [-0.4, -0.2) is 54.8 Å². The quantitative estimate of drug-likeness (QED) is 0.405. The second-order valence-corrected chi connectivity index (χ2v) is 9.80. The number of aromatic nitrogens is 5. The number of benzene rings is 1. The Bertz CT molecular complexity index is 1360. The molecule has 0 radical (unpaired) electrons. The molecule has 8 nitrogen and oxygen atoms in total. The summed E-state index contributed by atoms with van der Waals surface area (Å²) in [6.07, 6.45) is 4.38. The molecule has 1 fully saturated rings. The maximum absolute atomic E-state index is 14.8. The van der Waals surface area contributed by atoms with Crippen molar-refractivity contribution in [2.24, 2.45) is 0 Å². The number of fused-ring (bicyclic) bond motifs is 1. The van der Waals surface area contributed by atoms with Crippen LogP contribution in [0.1, 0.15) is 39.3 Å². The Morgan fingerprint density at radius 3 is 2.50 bits per heavy atom. The minimum atomic E-state index is -0.641. The van der Waals surface area contributed by atoms with E-state index in [1.54, 1.807) is 10.7 Å². The summed E-state index contributed by atoms with van der Waals surface area (Å²) in [6.45, 7) is 11.1. The van der Waals surface area contributed by atoms with Crippen molar-refractivity contribution in [2.75, 3.05) is 18.4 Å². The van der Waals surface area contributed by atoms with E-state index in [0.717, 1.165) is 31.4 Å². The Balaban J connectivity index is 1.35. The standard InChI is InChI=1S/C26H30F2N8/c1-15(2)36-23-8-19(7-21(27)20(23)10-31-36)25-22(28)11-30-26(34-25)33-24-6-5-18(9-29-24)14-35-12-16(3)32-17(4)13-35/h5-11,15-17,32H,12-14H2,1-4H3,(H,29,30,33,34). The molecule has 4 heterocycles. The number of anilines is 2. The first kappa shape index (κ1) is 24.2. The zero-order valence-corrected chi connectivity index (χ0v) is 20.8. The van der Waals surface area contributed by atoms with Crippen LogP contribution in [0, 0.1) is 11.6 Å². The minimum Gasteiger partial charge on any atom is -0.309 e. The topological polar surface area (TPSA) is 83.8 Å². The number of halogens is 2. The van der Waals surface area contributed by atoms with Gasteiger partial charge >= 0.3 is 0 Å². The number of nitrogens with zero attached hydrogens (tertiary/aromatic N) is 6. The van der Waals surface area contributed by atoms with Crippen LogP contribution in [0.5, 0.6) is 0 Å². The summed E-state index contributed by atoms with van der Waals surface area (Å²) in [5, 5.41) is 11.2. The highest BCUT2D eigenvalue weighted by atomic mass is 19.1. The fraction of sp³-hybridized carbons (Fsp3) is 0.385. The zero-order chi connectivity index (χ0) is 25.4. The van der Waals surface area contributed by atoms with Gasteiger partial charge in [-0.15, -0.1) is 0 Å². The molecular formula is C26H30F2N8. The lowest BCUT2D eigenvalue weighted by Crippen LogP contribution is -2.53. The molecule has 4 aromatic rings. The van der Waals surface area contributed by atoms with Gasteiger partial charge in [-0.2, -0.15) is 5.10 Å². The third-order valence-corrected chi connectivity index (χ3v) is 6.28. The smallest absolute Gasteiger partial charge is 0.229 e. The number of hydrogen-bond donors (Lipinski definition) is 2. The van der Waals surface area contributed by atoms with Crippen molar-refractivity contribution in [2.45, 2.75) is 52.4 Å². The van der Waals surface area contributed by atoms with E-state index in [0.29, 0.717) is 34.4 Å². The number of rotatable bonds is 6. The summed E-state index contributed by atoms with van der Waals surface area (Å²) < 4.78 is 31.2. The summed E-state index contributed by atoms with van der Waals surface area (Å²) in [4.78, 5) is 15.3. The number of hydrogen-bond acceptors (Lipinski definition) is 7. The Labute approximate surface area is 208 Å². The zero-order valence-electron chi connectivity index (χ0n) is 20.8. The van der Waals surface area contributed by atoms with Crippen LogP contribution in [0.3, 0.4) is 0 Å². The minimum absolute atomic E-state index is 0.00312. The molecule has 2 unspecified atom stereocenters. The highest BCUT2D eigenvalue weighted by Crippen LogP contribution is 2.29. The molecule has 1 saturated heterocycles. The maximum Gasteiger partial charge on any atom is 0.229 e. The lowest BCUT2D eigenvalue weighted by Gasteiger charge is -2.36. The van der Waals surface area contributed by atoms with Crippen molar-refractivity contribution >= 4 is 22.7 Å².